The maximum Gasteiger partial charge on any atom is 0.407 e. The van der Waals surface area contributed by atoms with Gasteiger partial charge in [-0.3, -0.25) is 4.79 Å². The van der Waals surface area contributed by atoms with Crippen LogP contribution in [0.15, 0.2) is 61.2 Å². The summed E-state index contributed by atoms with van der Waals surface area (Å²) >= 11 is 0. The van der Waals surface area contributed by atoms with Crippen LogP contribution >= 0.6 is 0 Å². The molecule has 3 rings (SSSR count). The lowest BCUT2D eigenvalue weighted by Gasteiger charge is -2.22. The molecule has 0 fully saturated rings. The minimum atomic E-state index is -0.985. The number of carbonyl (C=O) groups excluding carboxylic acids is 2. The molecule has 40 heavy (non-hydrogen) atoms. The Kier molecular flexibility index (Phi) is 11.1. The third-order valence-corrected chi connectivity index (χ3v) is 6.62. The summed E-state index contributed by atoms with van der Waals surface area (Å²) in [5, 5.41) is 18.1. The topological polar surface area (TPSA) is 126 Å². The average Bonchev–Trinajstić information content (AvgIpc) is 3.21. The number of alkyl carbamates (subject to hydrolysis) is 2. The van der Waals surface area contributed by atoms with Crippen LogP contribution in [0.5, 0.6) is 0 Å². The van der Waals surface area contributed by atoms with Crippen molar-refractivity contribution in [3.05, 3.63) is 72.3 Å². The Balaban J connectivity index is 1.55. The molecule has 0 saturated carbocycles. The second-order valence-corrected chi connectivity index (χ2v) is 10.9. The fraction of sp³-hybridized carbons (Fsp3) is 0.452. The molecule has 0 heterocycles. The van der Waals surface area contributed by atoms with Crippen molar-refractivity contribution in [2.45, 2.75) is 70.1 Å². The van der Waals surface area contributed by atoms with E-state index in [1.807, 2.05) is 24.3 Å². The van der Waals surface area contributed by atoms with E-state index in [9.17, 15) is 19.5 Å². The third-order valence-electron chi connectivity index (χ3n) is 6.62. The molecular weight excluding hydrogens is 510 g/mol. The Morgan fingerprint density at radius 1 is 1.00 bits per heavy atom. The maximum atomic E-state index is 12.9. The summed E-state index contributed by atoms with van der Waals surface area (Å²) in [7, 11) is 0. The molecule has 0 saturated heterocycles. The number of fused-ring (bicyclic) bond motifs is 3. The first-order chi connectivity index (χ1) is 19.1. The number of rotatable bonds is 14. The van der Waals surface area contributed by atoms with Crippen molar-refractivity contribution in [2.75, 3.05) is 19.7 Å². The van der Waals surface area contributed by atoms with E-state index in [4.69, 9.17) is 9.47 Å². The van der Waals surface area contributed by atoms with Crippen LogP contribution < -0.4 is 16.0 Å². The van der Waals surface area contributed by atoms with Crippen molar-refractivity contribution in [1.29, 1.82) is 0 Å². The van der Waals surface area contributed by atoms with E-state index < -0.39 is 29.8 Å². The van der Waals surface area contributed by atoms with Gasteiger partial charge in [0.1, 0.15) is 18.2 Å². The minimum absolute atomic E-state index is 0.0577. The van der Waals surface area contributed by atoms with Crippen LogP contribution in [0.2, 0.25) is 0 Å². The Morgan fingerprint density at radius 2 is 1.62 bits per heavy atom. The number of hydrogen-bond donors (Lipinski definition) is 4. The first-order valence-corrected chi connectivity index (χ1v) is 13.7. The van der Waals surface area contributed by atoms with Crippen LogP contribution in [0.25, 0.3) is 11.1 Å². The Bertz CT molecular complexity index is 1130. The molecule has 2 atom stereocenters. The van der Waals surface area contributed by atoms with Crippen molar-refractivity contribution in [3.63, 3.8) is 0 Å². The number of ether oxygens (including phenoxy) is 2. The van der Waals surface area contributed by atoms with Gasteiger partial charge in [0, 0.05) is 25.0 Å². The fourth-order valence-corrected chi connectivity index (χ4v) is 4.78. The number of carbonyl (C=O) groups is 3. The van der Waals surface area contributed by atoms with Gasteiger partial charge in [-0.2, -0.15) is 0 Å². The second kappa shape index (κ2) is 14.5. The van der Waals surface area contributed by atoms with E-state index in [2.05, 4.69) is 46.8 Å². The molecule has 0 aliphatic heterocycles. The number of hydrogen-bond acceptors (Lipinski definition) is 6. The molecule has 2 unspecified atom stereocenters. The van der Waals surface area contributed by atoms with Gasteiger partial charge in [-0.05, 0) is 68.7 Å². The maximum absolute atomic E-state index is 12.9. The lowest BCUT2D eigenvalue weighted by molar-refractivity contribution is -0.139. The highest BCUT2D eigenvalue weighted by Crippen LogP contribution is 2.44. The number of carboxylic acids is 1. The zero-order chi connectivity index (χ0) is 29.1. The molecule has 2 aromatic rings. The van der Waals surface area contributed by atoms with Crippen molar-refractivity contribution in [3.8, 4) is 11.1 Å². The van der Waals surface area contributed by atoms with E-state index in [1.165, 1.54) is 0 Å². The largest absolute Gasteiger partial charge is 0.480 e. The van der Waals surface area contributed by atoms with Gasteiger partial charge >= 0.3 is 18.2 Å². The summed E-state index contributed by atoms with van der Waals surface area (Å²) in [5.74, 6) is -1.04. The van der Waals surface area contributed by atoms with Crippen molar-refractivity contribution >= 4 is 18.2 Å². The van der Waals surface area contributed by atoms with Crippen molar-refractivity contribution in [2.24, 2.45) is 0 Å². The van der Waals surface area contributed by atoms with Crippen LogP contribution in [-0.2, 0) is 14.3 Å². The normalized spacial score (nSPS) is 13.9. The van der Waals surface area contributed by atoms with Crippen LogP contribution in [0.1, 0.15) is 63.5 Å². The number of aliphatic carboxylic acids is 1. The molecule has 2 amide bonds. The highest BCUT2D eigenvalue weighted by molar-refractivity contribution is 5.79. The molecule has 9 nitrogen and oxygen atoms in total. The monoisotopic (exact) mass is 551 g/mol. The number of carboxylic acid groups (broad SMARTS) is 1. The first kappa shape index (κ1) is 30.7. The van der Waals surface area contributed by atoms with Gasteiger partial charge in [0.15, 0.2) is 0 Å². The molecular formula is C31H41N3O6. The predicted molar refractivity (Wildman–Crippen MR) is 154 cm³/mol. The zero-order valence-electron chi connectivity index (χ0n) is 23.6. The van der Waals surface area contributed by atoms with Gasteiger partial charge in [-0.25, -0.2) is 9.59 Å². The molecule has 0 radical (unpaired) electrons. The summed E-state index contributed by atoms with van der Waals surface area (Å²) in [6, 6.07) is 15.1. The van der Waals surface area contributed by atoms with Crippen molar-refractivity contribution < 1.29 is 29.0 Å². The summed E-state index contributed by atoms with van der Waals surface area (Å²) in [6.45, 7) is 9.88. The molecule has 1 aliphatic rings. The number of amides is 2. The number of benzene rings is 2. The highest BCUT2D eigenvalue weighted by atomic mass is 16.6. The summed E-state index contributed by atoms with van der Waals surface area (Å²) < 4.78 is 10.9. The van der Waals surface area contributed by atoms with Crippen LogP contribution in [0.3, 0.4) is 0 Å². The smallest absolute Gasteiger partial charge is 0.407 e. The molecule has 1 aliphatic carbocycles. The lowest BCUT2D eigenvalue weighted by Crippen LogP contribution is -2.47. The second-order valence-electron chi connectivity index (χ2n) is 10.9. The Hall–Kier alpha value is -3.85. The van der Waals surface area contributed by atoms with Crippen LogP contribution in [0.4, 0.5) is 9.59 Å². The highest BCUT2D eigenvalue weighted by Gasteiger charge is 2.29. The van der Waals surface area contributed by atoms with E-state index in [0.717, 1.165) is 22.3 Å². The summed E-state index contributed by atoms with van der Waals surface area (Å²) in [4.78, 5) is 36.3. The number of unbranched alkanes of at least 4 members (excludes halogenated alkanes) is 1. The van der Waals surface area contributed by atoms with Crippen molar-refractivity contribution in [1.82, 2.24) is 16.0 Å². The van der Waals surface area contributed by atoms with Gasteiger partial charge in [0.2, 0.25) is 0 Å². The minimum Gasteiger partial charge on any atom is -0.480 e. The summed E-state index contributed by atoms with van der Waals surface area (Å²) in [6.07, 6.45) is 2.68. The van der Waals surface area contributed by atoms with E-state index >= 15 is 0 Å². The Labute approximate surface area is 236 Å². The summed E-state index contributed by atoms with van der Waals surface area (Å²) in [5.41, 5.74) is 3.98. The molecule has 0 bridgehead atoms. The molecule has 0 spiro atoms. The fourth-order valence-electron chi connectivity index (χ4n) is 4.78. The first-order valence-electron chi connectivity index (χ1n) is 13.7. The number of nitrogens with one attached hydrogen (secondary N) is 3. The Morgan fingerprint density at radius 3 is 2.20 bits per heavy atom. The predicted octanol–water partition coefficient (Wildman–Crippen LogP) is 5.21. The molecule has 0 aromatic heterocycles. The molecule has 9 heteroatoms. The van der Waals surface area contributed by atoms with Gasteiger partial charge in [0.05, 0.1) is 0 Å². The van der Waals surface area contributed by atoms with E-state index in [1.54, 1.807) is 26.8 Å². The van der Waals surface area contributed by atoms with Gasteiger partial charge in [-0.1, -0.05) is 54.6 Å². The SMILES string of the molecule is C=CCC(NCC(CCCCNC(=O)OC(C)(C)C)NC(=O)OCC1c2ccccc2-c2ccccc21)C(=O)O. The molecule has 4 N–H and O–H groups in total. The van der Waals surface area contributed by atoms with E-state index in [0.29, 0.717) is 25.8 Å². The van der Waals surface area contributed by atoms with E-state index in [-0.39, 0.29) is 31.5 Å². The quantitative estimate of drug-likeness (QED) is 0.188. The van der Waals surface area contributed by atoms with Gasteiger partial charge < -0.3 is 30.5 Å². The van der Waals surface area contributed by atoms with Crippen LogP contribution in [0, 0.1) is 0 Å². The molecule has 2 aromatic carbocycles. The lowest BCUT2D eigenvalue weighted by atomic mass is 9.98. The van der Waals surface area contributed by atoms with Crippen LogP contribution in [-0.4, -0.2) is 60.6 Å². The zero-order valence-corrected chi connectivity index (χ0v) is 23.6. The third kappa shape index (κ3) is 9.12. The standard InChI is InChI=1S/C31H41N3O6/c1-5-12-27(28(35)36)33-19-21(13-10-11-18-32-29(37)40-31(2,3)4)34-30(38)39-20-26-24-16-8-6-14-22(24)23-15-7-9-17-25(23)26/h5-9,14-17,21,26-27,33H,1,10-13,18-20H2,2-4H3,(H,32,37)(H,34,38)(H,35,36). The van der Waals surface area contributed by atoms with Gasteiger partial charge in [-0.15, -0.1) is 6.58 Å². The molecule has 216 valence electrons. The van der Waals surface area contributed by atoms with Gasteiger partial charge in [0.25, 0.3) is 0 Å². The average molecular weight is 552 g/mol.